The van der Waals surface area contributed by atoms with Gasteiger partial charge in [-0.15, -0.1) is 0 Å². The Labute approximate surface area is 100 Å². The van der Waals surface area contributed by atoms with Crippen LogP contribution in [0, 0.1) is 5.82 Å². The SMILES string of the molecule is CN1CCC(Nc2cccc(Cl)c2F)CC1. The van der Waals surface area contributed by atoms with Crippen LogP contribution in [0.4, 0.5) is 10.1 Å². The summed E-state index contributed by atoms with van der Waals surface area (Å²) in [4.78, 5) is 2.28. The molecule has 1 aromatic carbocycles. The Bertz CT molecular complexity index is 362. The molecule has 0 saturated carbocycles. The summed E-state index contributed by atoms with van der Waals surface area (Å²) in [6, 6.07) is 5.42. The zero-order chi connectivity index (χ0) is 11.5. The van der Waals surface area contributed by atoms with Gasteiger partial charge >= 0.3 is 0 Å². The molecular formula is C12H16ClFN2. The largest absolute Gasteiger partial charge is 0.380 e. The third-order valence-corrected chi connectivity index (χ3v) is 3.32. The van der Waals surface area contributed by atoms with Gasteiger partial charge in [-0.2, -0.15) is 0 Å². The lowest BCUT2D eigenvalue weighted by Crippen LogP contribution is -2.36. The predicted octanol–water partition coefficient (Wildman–Crippen LogP) is 2.99. The highest BCUT2D eigenvalue weighted by Crippen LogP contribution is 2.24. The van der Waals surface area contributed by atoms with E-state index in [-0.39, 0.29) is 10.8 Å². The smallest absolute Gasteiger partial charge is 0.164 e. The molecule has 88 valence electrons. The van der Waals surface area contributed by atoms with Gasteiger partial charge in [0.25, 0.3) is 0 Å². The molecule has 1 aliphatic rings. The molecule has 1 aromatic rings. The molecule has 0 aromatic heterocycles. The van der Waals surface area contributed by atoms with Gasteiger partial charge in [-0.25, -0.2) is 4.39 Å². The molecule has 0 amide bonds. The van der Waals surface area contributed by atoms with Crippen molar-refractivity contribution >= 4 is 17.3 Å². The molecular weight excluding hydrogens is 227 g/mol. The summed E-state index contributed by atoms with van der Waals surface area (Å²) in [6.45, 7) is 2.11. The van der Waals surface area contributed by atoms with Crippen molar-refractivity contribution in [2.75, 3.05) is 25.5 Å². The Kier molecular flexibility index (Phi) is 3.66. The highest BCUT2D eigenvalue weighted by molar-refractivity contribution is 6.31. The van der Waals surface area contributed by atoms with Crippen molar-refractivity contribution < 1.29 is 4.39 Å². The van der Waals surface area contributed by atoms with Crippen LogP contribution in [0.15, 0.2) is 18.2 Å². The Morgan fingerprint density at radius 1 is 1.38 bits per heavy atom. The lowest BCUT2D eigenvalue weighted by atomic mass is 10.1. The fourth-order valence-corrected chi connectivity index (χ4v) is 2.16. The van der Waals surface area contributed by atoms with E-state index in [9.17, 15) is 4.39 Å². The molecule has 4 heteroatoms. The maximum atomic E-state index is 13.6. The fourth-order valence-electron chi connectivity index (χ4n) is 1.99. The van der Waals surface area contributed by atoms with Gasteiger partial charge < -0.3 is 10.2 Å². The van der Waals surface area contributed by atoms with Gasteiger partial charge in [0.1, 0.15) is 0 Å². The third-order valence-electron chi connectivity index (χ3n) is 3.03. The number of hydrogen-bond acceptors (Lipinski definition) is 2. The standard InChI is InChI=1S/C12H16ClFN2/c1-16-7-5-9(6-8-16)15-11-4-2-3-10(13)12(11)14/h2-4,9,15H,5-8H2,1H3. The summed E-state index contributed by atoms with van der Waals surface area (Å²) in [5, 5.41) is 3.40. The summed E-state index contributed by atoms with van der Waals surface area (Å²) >= 11 is 5.73. The van der Waals surface area contributed by atoms with Crippen molar-refractivity contribution in [1.82, 2.24) is 4.90 Å². The van der Waals surface area contributed by atoms with Crippen molar-refractivity contribution in [3.05, 3.63) is 29.0 Å². The number of halogens is 2. The predicted molar refractivity (Wildman–Crippen MR) is 65.6 cm³/mol. The van der Waals surface area contributed by atoms with Crippen LogP contribution in [0.1, 0.15) is 12.8 Å². The molecule has 1 aliphatic heterocycles. The van der Waals surface area contributed by atoms with Gasteiger partial charge in [0, 0.05) is 6.04 Å². The lowest BCUT2D eigenvalue weighted by Gasteiger charge is -2.30. The molecule has 1 saturated heterocycles. The van der Waals surface area contributed by atoms with Gasteiger partial charge in [0.05, 0.1) is 10.7 Å². The van der Waals surface area contributed by atoms with Gasteiger partial charge in [0.2, 0.25) is 0 Å². The first-order chi connectivity index (χ1) is 7.66. The van der Waals surface area contributed by atoms with E-state index in [1.807, 2.05) is 0 Å². The zero-order valence-electron chi connectivity index (χ0n) is 9.34. The number of likely N-dealkylation sites (tertiary alicyclic amines) is 1. The Morgan fingerprint density at radius 2 is 2.06 bits per heavy atom. The summed E-state index contributed by atoms with van der Waals surface area (Å²) in [5.41, 5.74) is 0.516. The van der Waals surface area contributed by atoms with Crippen molar-refractivity contribution in [2.45, 2.75) is 18.9 Å². The monoisotopic (exact) mass is 242 g/mol. The number of hydrogen-bond donors (Lipinski definition) is 1. The lowest BCUT2D eigenvalue weighted by molar-refractivity contribution is 0.263. The van der Waals surface area contributed by atoms with Crippen LogP contribution in [0.3, 0.4) is 0 Å². The number of rotatable bonds is 2. The normalized spacial score (nSPS) is 18.7. The molecule has 0 aliphatic carbocycles. The maximum Gasteiger partial charge on any atom is 0.164 e. The average Bonchev–Trinajstić information content (AvgIpc) is 2.28. The van der Waals surface area contributed by atoms with Crippen LogP contribution < -0.4 is 5.32 Å². The number of benzene rings is 1. The van der Waals surface area contributed by atoms with Crippen LogP contribution in [-0.4, -0.2) is 31.1 Å². The Morgan fingerprint density at radius 3 is 2.75 bits per heavy atom. The molecule has 0 bridgehead atoms. The quantitative estimate of drug-likeness (QED) is 0.858. The number of piperidine rings is 1. The second kappa shape index (κ2) is 5.02. The van der Waals surface area contributed by atoms with Crippen molar-refractivity contribution in [1.29, 1.82) is 0 Å². The topological polar surface area (TPSA) is 15.3 Å². The Balaban J connectivity index is 2.01. The first-order valence-corrected chi connectivity index (χ1v) is 5.93. The van der Waals surface area contributed by atoms with Gasteiger partial charge in [-0.05, 0) is 45.1 Å². The first kappa shape index (κ1) is 11.7. The molecule has 1 N–H and O–H groups in total. The third kappa shape index (κ3) is 2.66. The fraction of sp³-hybridized carbons (Fsp3) is 0.500. The van der Waals surface area contributed by atoms with E-state index in [2.05, 4.69) is 17.3 Å². The molecule has 0 atom stereocenters. The summed E-state index contributed by atoms with van der Waals surface area (Å²) in [7, 11) is 2.11. The van der Waals surface area contributed by atoms with Crippen LogP contribution in [0.2, 0.25) is 5.02 Å². The Hall–Kier alpha value is -0.800. The van der Waals surface area contributed by atoms with Crippen molar-refractivity contribution in [3.63, 3.8) is 0 Å². The van der Waals surface area contributed by atoms with E-state index in [0.717, 1.165) is 25.9 Å². The molecule has 2 rings (SSSR count). The minimum absolute atomic E-state index is 0.179. The zero-order valence-corrected chi connectivity index (χ0v) is 10.1. The number of nitrogens with one attached hydrogen (secondary N) is 1. The van der Waals surface area contributed by atoms with E-state index in [4.69, 9.17) is 11.6 Å². The van der Waals surface area contributed by atoms with E-state index < -0.39 is 0 Å². The van der Waals surface area contributed by atoms with E-state index >= 15 is 0 Å². The average molecular weight is 243 g/mol. The van der Waals surface area contributed by atoms with E-state index in [1.165, 1.54) is 0 Å². The summed E-state index contributed by atoms with van der Waals surface area (Å²) in [6.07, 6.45) is 2.09. The first-order valence-electron chi connectivity index (χ1n) is 5.56. The number of nitrogens with zero attached hydrogens (tertiary/aromatic N) is 1. The molecule has 1 fully saturated rings. The second-order valence-electron chi connectivity index (χ2n) is 4.32. The van der Waals surface area contributed by atoms with Gasteiger partial charge in [0.15, 0.2) is 5.82 Å². The summed E-state index contributed by atoms with van der Waals surface area (Å²) in [5.74, 6) is -0.344. The molecule has 16 heavy (non-hydrogen) atoms. The molecule has 1 heterocycles. The van der Waals surface area contributed by atoms with Crippen molar-refractivity contribution in [3.8, 4) is 0 Å². The minimum atomic E-state index is -0.344. The number of anilines is 1. The van der Waals surface area contributed by atoms with E-state index in [0.29, 0.717) is 11.7 Å². The molecule has 0 unspecified atom stereocenters. The summed E-state index contributed by atoms with van der Waals surface area (Å²) < 4.78 is 13.6. The second-order valence-corrected chi connectivity index (χ2v) is 4.73. The minimum Gasteiger partial charge on any atom is -0.380 e. The van der Waals surface area contributed by atoms with Crippen LogP contribution in [-0.2, 0) is 0 Å². The van der Waals surface area contributed by atoms with E-state index in [1.54, 1.807) is 18.2 Å². The molecule has 0 spiro atoms. The van der Waals surface area contributed by atoms with Gasteiger partial charge in [-0.3, -0.25) is 0 Å². The highest BCUT2D eigenvalue weighted by Gasteiger charge is 2.17. The van der Waals surface area contributed by atoms with Crippen LogP contribution in [0.25, 0.3) is 0 Å². The van der Waals surface area contributed by atoms with Crippen LogP contribution >= 0.6 is 11.6 Å². The van der Waals surface area contributed by atoms with Crippen LogP contribution in [0.5, 0.6) is 0 Å². The van der Waals surface area contributed by atoms with Gasteiger partial charge in [-0.1, -0.05) is 17.7 Å². The molecule has 2 nitrogen and oxygen atoms in total. The maximum absolute atomic E-state index is 13.6. The van der Waals surface area contributed by atoms with Crippen molar-refractivity contribution in [2.24, 2.45) is 0 Å². The molecule has 0 radical (unpaired) electrons. The highest BCUT2D eigenvalue weighted by atomic mass is 35.5.